The van der Waals surface area contributed by atoms with Crippen molar-refractivity contribution in [3.05, 3.63) is 12.2 Å². The van der Waals surface area contributed by atoms with E-state index in [0.717, 1.165) is 5.92 Å². The first kappa shape index (κ1) is 17.7. The molecule has 0 amide bonds. The SMILES string of the molecule is CCCCCCCCCCCC=CCC(C)CC. The molecule has 0 aromatic heterocycles. The second-order valence-electron chi connectivity index (χ2n) is 5.84. The lowest BCUT2D eigenvalue weighted by Gasteiger charge is -2.02. The molecule has 0 bridgehead atoms. The van der Waals surface area contributed by atoms with Crippen LogP contribution in [0.25, 0.3) is 0 Å². The van der Waals surface area contributed by atoms with E-state index in [0.29, 0.717) is 0 Å². The Hall–Kier alpha value is -0.260. The fourth-order valence-corrected chi connectivity index (χ4v) is 2.19. The standard InChI is InChI=1S/C18H36/c1-4-6-7-8-9-10-11-12-13-14-15-16-17-18(3)5-2/h15-16,18H,4-14,17H2,1-3H3. The van der Waals surface area contributed by atoms with E-state index in [1.54, 1.807) is 0 Å². The molecule has 0 N–H and O–H groups in total. The Morgan fingerprint density at radius 3 is 1.83 bits per heavy atom. The van der Waals surface area contributed by atoms with Crippen LogP contribution in [-0.2, 0) is 0 Å². The van der Waals surface area contributed by atoms with Crippen molar-refractivity contribution in [2.45, 2.75) is 97.8 Å². The first-order chi connectivity index (χ1) is 8.81. The van der Waals surface area contributed by atoms with Crippen LogP contribution in [-0.4, -0.2) is 0 Å². The van der Waals surface area contributed by atoms with Crippen LogP contribution < -0.4 is 0 Å². The molecular weight excluding hydrogens is 216 g/mol. The van der Waals surface area contributed by atoms with E-state index in [1.807, 2.05) is 0 Å². The van der Waals surface area contributed by atoms with Crippen molar-refractivity contribution in [3.8, 4) is 0 Å². The van der Waals surface area contributed by atoms with Gasteiger partial charge in [0.25, 0.3) is 0 Å². The van der Waals surface area contributed by atoms with Crippen LogP contribution in [0.5, 0.6) is 0 Å². The van der Waals surface area contributed by atoms with E-state index >= 15 is 0 Å². The molecule has 0 nitrogen and oxygen atoms in total. The van der Waals surface area contributed by atoms with Gasteiger partial charge in [-0.2, -0.15) is 0 Å². The van der Waals surface area contributed by atoms with E-state index in [1.165, 1.54) is 77.0 Å². The number of hydrogen-bond donors (Lipinski definition) is 0. The van der Waals surface area contributed by atoms with Crippen LogP contribution in [0.4, 0.5) is 0 Å². The summed E-state index contributed by atoms with van der Waals surface area (Å²) in [5.74, 6) is 0.865. The zero-order chi connectivity index (χ0) is 13.5. The van der Waals surface area contributed by atoms with E-state index in [-0.39, 0.29) is 0 Å². The maximum atomic E-state index is 2.40. The van der Waals surface area contributed by atoms with Gasteiger partial charge < -0.3 is 0 Å². The van der Waals surface area contributed by atoms with Gasteiger partial charge in [-0.1, -0.05) is 90.7 Å². The Kier molecular flexibility index (Phi) is 14.6. The number of hydrogen-bond acceptors (Lipinski definition) is 0. The van der Waals surface area contributed by atoms with E-state index < -0.39 is 0 Å². The highest BCUT2D eigenvalue weighted by Crippen LogP contribution is 2.11. The molecule has 0 radical (unpaired) electrons. The van der Waals surface area contributed by atoms with Crippen molar-refractivity contribution in [1.29, 1.82) is 0 Å². The van der Waals surface area contributed by atoms with Crippen LogP contribution in [0, 0.1) is 5.92 Å². The van der Waals surface area contributed by atoms with Crippen molar-refractivity contribution >= 4 is 0 Å². The molecule has 0 heteroatoms. The van der Waals surface area contributed by atoms with Gasteiger partial charge in [0, 0.05) is 0 Å². The van der Waals surface area contributed by atoms with Gasteiger partial charge in [0.1, 0.15) is 0 Å². The van der Waals surface area contributed by atoms with Gasteiger partial charge in [-0.3, -0.25) is 0 Å². The predicted octanol–water partition coefficient (Wildman–Crippen LogP) is 6.90. The molecule has 0 saturated heterocycles. The van der Waals surface area contributed by atoms with Crippen LogP contribution in [0.1, 0.15) is 97.8 Å². The minimum absolute atomic E-state index is 0.865. The topological polar surface area (TPSA) is 0 Å². The van der Waals surface area contributed by atoms with Gasteiger partial charge in [0.05, 0.1) is 0 Å². The van der Waals surface area contributed by atoms with Crippen LogP contribution in [0.15, 0.2) is 12.2 Å². The molecule has 0 fully saturated rings. The van der Waals surface area contributed by atoms with Crippen LogP contribution in [0.3, 0.4) is 0 Å². The van der Waals surface area contributed by atoms with Crippen molar-refractivity contribution in [3.63, 3.8) is 0 Å². The second kappa shape index (κ2) is 14.8. The normalized spacial score (nSPS) is 13.3. The molecular formula is C18H36. The summed E-state index contributed by atoms with van der Waals surface area (Å²) in [4.78, 5) is 0. The smallest absolute Gasteiger partial charge is 0.0325 e. The molecule has 0 aromatic carbocycles. The summed E-state index contributed by atoms with van der Waals surface area (Å²) in [5, 5.41) is 0. The van der Waals surface area contributed by atoms with Gasteiger partial charge >= 0.3 is 0 Å². The maximum Gasteiger partial charge on any atom is -0.0325 e. The lowest BCUT2D eigenvalue weighted by molar-refractivity contribution is 0.563. The highest BCUT2D eigenvalue weighted by molar-refractivity contribution is 4.82. The van der Waals surface area contributed by atoms with E-state index in [4.69, 9.17) is 0 Å². The number of rotatable bonds is 13. The van der Waals surface area contributed by atoms with Crippen molar-refractivity contribution in [2.75, 3.05) is 0 Å². The summed E-state index contributed by atoms with van der Waals surface area (Å²) >= 11 is 0. The molecule has 0 saturated carbocycles. The largest absolute Gasteiger partial charge is 0.0885 e. The predicted molar refractivity (Wildman–Crippen MR) is 85.1 cm³/mol. The van der Waals surface area contributed by atoms with Gasteiger partial charge in [0.15, 0.2) is 0 Å². The molecule has 0 spiro atoms. The van der Waals surface area contributed by atoms with Gasteiger partial charge in [-0.15, -0.1) is 0 Å². The molecule has 0 aliphatic carbocycles. The Morgan fingerprint density at radius 2 is 1.28 bits per heavy atom. The van der Waals surface area contributed by atoms with Crippen molar-refractivity contribution < 1.29 is 0 Å². The average Bonchev–Trinajstić information content (AvgIpc) is 2.39. The second-order valence-corrected chi connectivity index (χ2v) is 5.84. The lowest BCUT2D eigenvalue weighted by Crippen LogP contribution is -1.87. The number of unbranched alkanes of at least 4 members (excludes halogenated alkanes) is 9. The molecule has 0 rings (SSSR count). The Labute approximate surface area is 116 Å². The highest BCUT2D eigenvalue weighted by atomic mass is 14.0. The molecule has 0 aliphatic heterocycles. The third-order valence-corrected chi connectivity index (χ3v) is 3.88. The quantitative estimate of drug-likeness (QED) is 0.247. The average molecular weight is 252 g/mol. The minimum atomic E-state index is 0.865. The molecule has 0 heterocycles. The molecule has 0 aromatic rings. The fourth-order valence-electron chi connectivity index (χ4n) is 2.19. The van der Waals surface area contributed by atoms with Crippen LogP contribution >= 0.6 is 0 Å². The zero-order valence-corrected chi connectivity index (χ0v) is 13.2. The van der Waals surface area contributed by atoms with E-state index in [2.05, 4.69) is 32.9 Å². The van der Waals surface area contributed by atoms with E-state index in [9.17, 15) is 0 Å². The minimum Gasteiger partial charge on any atom is -0.0885 e. The summed E-state index contributed by atoms with van der Waals surface area (Å²) in [5.41, 5.74) is 0. The van der Waals surface area contributed by atoms with Crippen LogP contribution in [0.2, 0.25) is 0 Å². The molecule has 108 valence electrons. The first-order valence-corrected chi connectivity index (χ1v) is 8.46. The first-order valence-electron chi connectivity index (χ1n) is 8.46. The molecule has 1 atom stereocenters. The Balaban J connectivity index is 3.07. The van der Waals surface area contributed by atoms with Gasteiger partial charge in [-0.05, 0) is 25.2 Å². The third kappa shape index (κ3) is 13.8. The molecule has 0 aliphatic rings. The summed E-state index contributed by atoms with van der Waals surface area (Å²) in [6, 6.07) is 0. The monoisotopic (exact) mass is 252 g/mol. The summed E-state index contributed by atoms with van der Waals surface area (Å²) < 4.78 is 0. The maximum absolute atomic E-state index is 2.40. The third-order valence-electron chi connectivity index (χ3n) is 3.88. The Morgan fingerprint density at radius 1 is 0.722 bits per heavy atom. The lowest BCUT2D eigenvalue weighted by atomic mass is 10.0. The summed E-state index contributed by atoms with van der Waals surface area (Å²) in [7, 11) is 0. The van der Waals surface area contributed by atoms with Crippen molar-refractivity contribution in [2.24, 2.45) is 5.92 Å². The van der Waals surface area contributed by atoms with Gasteiger partial charge in [0.2, 0.25) is 0 Å². The Bertz CT molecular complexity index is 169. The number of allylic oxidation sites excluding steroid dienone is 2. The van der Waals surface area contributed by atoms with Gasteiger partial charge in [-0.25, -0.2) is 0 Å². The summed E-state index contributed by atoms with van der Waals surface area (Å²) in [6.45, 7) is 6.90. The zero-order valence-electron chi connectivity index (χ0n) is 13.2. The fraction of sp³-hybridized carbons (Fsp3) is 0.889. The molecule has 1 unspecified atom stereocenters. The summed E-state index contributed by atoms with van der Waals surface area (Å²) in [6.07, 6.45) is 21.6. The molecule has 18 heavy (non-hydrogen) atoms. The highest BCUT2D eigenvalue weighted by Gasteiger charge is 1.93. The van der Waals surface area contributed by atoms with Crippen molar-refractivity contribution in [1.82, 2.24) is 0 Å².